The van der Waals surface area contributed by atoms with Crippen molar-refractivity contribution < 1.29 is 15.0 Å². The van der Waals surface area contributed by atoms with Crippen molar-refractivity contribution in [1.82, 2.24) is 4.90 Å². The van der Waals surface area contributed by atoms with Gasteiger partial charge in [0.15, 0.2) is 0 Å². The van der Waals surface area contributed by atoms with Gasteiger partial charge in [0.1, 0.15) is 5.75 Å². The van der Waals surface area contributed by atoms with Gasteiger partial charge in [0, 0.05) is 23.7 Å². The third-order valence-electron chi connectivity index (χ3n) is 3.01. The Bertz CT molecular complexity index is 479. The van der Waals surface area contributed by atoms with E-state index >= 15 is 0 Å². The van der Waals surface area contributed by atoms with Crippen LogP contribution in [-0.4, -0.2) is 47.7 Å². The Morgan fingerprint density at radius 1 is 1.39 bits per heavy atom. The molecule has 0 aromatic heterocycles. The average molecular weight is 271 g/mol. The summed E-state index contributed by atoms with van der Waals surface area (Å²) in [5.41, 5.74) is 0.689. The lowest BCUT2D eigenvalue weighted by Gasteiger charge is -2.32. The molecule has 1 aliphatic rings. The van der Waals surface area contributed by atoms with E-state index in [4.69, 9.17) is 16.7 Å². The first-order chi connectivity index (χ1) is 8.52. The first-order valence-electron chi connectivity index (χ1n) is 5.64. The van der Waals surface area contributed by atoms with Gasteiger partial charge in [-0.2, -0.15) is 0 Å². The lowest BCUT2D eigenvalue weighted by atomic mass is 10.1. The van der Waals surface area contributed by atoms with E-state index in [-0.39, 0.29) is 18.3 Å². The molecule has 5 nitrogen and oxygen atoms in total. The molecular formula is C12H15ClN2O3. The summed E-state index contributed by atoms with van der Waals surface area (Å²) < 4.78 is 0. The Morgan fingerprint density at radius 3 is 2.72 bits per heavy atom. The van der Waals surface area contributed by atoms with E-state index in [1.165, 1.54) is 11.0 Å². The number of anilines is 1. The number of hydrogen-bond donors (Lipinski definition) is 2. The first kappa shape index (κ1) is 13.1. The zero-order valence-corrected chi connectivity index (χ0v) is 10.8. The molecule has 1 amide bonds. The van der Waals surface area contributed by atoms with Crippen LogP contribution in [0.15, 0.2) is 12.1 Å². The van der Waals surface area contributed by atoms with Crippen molar-refractivity contribution in [3.63, 3.8) is 0 Å². The molecule has 1 aliphatic heterocycles. The molecule has 1 saturated heterocycles. The van der Waals surface area contributed by atoms with E-state index in [1.54, 1.807) is 6.07 Å². The molecule has 98 valence electrons. The number of hydrogen-bond acceptors (Lipinski definition) is 4. The van der Waals surface area contributed by atoms with Crippen LogP contribution in [0.1, 0.15) is 5.56 Å². The van der Waals surface area contributed by atoms with Crippen LogP contribution in [0.2, 0.25) is 5.02 Å². The van der Waals surface area contributed by atoms with Gasteiger partial charge in [-0.25, -0.2) is 0 Å². The second-order valence-corrected chi connectivity index (χ2v) is 4.81. The Labute approximate surface area is 110 Å². The summed E-state index contributed by atoms with van der Waals surface area (Å²) in [5, 5.41) is 19.6. The Kier molecular flexibility index (Phi) is 3.75. The van der Waals surface area contributed by atoms with Crippen molar-refractivity contribution in [2.75, 3.05) is 31.6 Å². The van der Waals surface area contributed by atoms with Gasteiger partial charge in [-0.1, -0.05) is 11.6 Å². The number of rotatable bonds is 2. The molecule has 1 aromatic carbocycles. The highest BCUT2D eigenvalue weighted by Crippen LogP contribution is 2.35. The van der Waals surface area contributed by atoms with E-state index in [0.29, 0.717) is 29.4 Å². The largest absolute Gasteiger partial charge is 0.505 e. The number of aromatic hydroxyl groups is 1. The van der Waals surface area contributed by atoms with Gasteiger partial charge in [-0.15, -0.1) is 0 Å². The maximum Gasteiger partial charge on any atom is 0.241 e. The number of likely N-dealkylation sites (N-methyl/N-ethyl adjacent to an activating group) is 1. The van der Waals surface area contributed by atoms with Crippen molar-refractivity contribution >= 4 is 23.2 Å². The predicted molar refractivity (Wildman–Crippen MR) is 68.9 cm³/mol. The number of benzene rings is 1. The molecule has 18 heavy (non-hydrogen) atoms. The lowest BCUT2D eigenvalue weighted by Crippen LogP contribution is -2.49. The molecule has 0 spiro atoms. The zero-order valence-electron chi connectivity index (χ0n) is 10.1. The van der Waals surface area contributed by atoms with Crippen LogP contribution in [0.25, 0.3) is 0 Å². The Hall–Kier alpha value is -1.30. The van der Waals surface area contributed by atoms with Crippen LogP contribution in [-0.2, 0) is 11.4 Å². The van der Waals surface area contributed by atoms with Crippen LogP contribution >= 0.6 is 11.6 Å². The predicted octanol–water partition coefficient (Wildman–Crippen LogP) is 0.816. The number of aliphatic hydroxyl groups is 1. The molecule has 1 fully saturated rings. The number of carbonyl (C=O) groups excluding carboxylic acids is 1. The summed E-state index contributed by atoms with van der Waals surface area (Å²) in [6.07, 6.45) is 0. The fourth-order valence-corrected chi connectivity index (χ4v) is 2.25. The van der Waals surface area contributed by atoms with Crippen molar-refractivity contribution in [3.05, 3.63) is 22.7 Å². The standard InChI is InChI=1S/C12H15ClN2O3/c1-14-2-3-15(11(17)6-14)10-5-9(13)4-8(7-16)12(10)18/h4-5,16,18H,2-3,6-7H2,1H3. The quantitative estimate of drug-likeness (QED) is 0.835. The highest BCUT2D eigenvalue weighted by atomic mass is 35.5. The molecular weight excluding hydrogens is 256 g/mol. The molecule has 2 rings (SSSR count). The van der Waals surface area contributed by atoms with Crippen LogP contribution < -0.4 is 4.90 Å². The summed E-state index contributed by atoms with van der Waals surface area (Å²) >= 11 is 5.93. The molecule has 0 atom stereocenters. The van der Waals surface area contributed by atoms with E-state index in [9.17, 15) is 9.90 Å². The molecule has 1 heterocycles. The van der Waals surface area contributed by atoms with Crippen molar-refractivity contribution in [2.24, 2.45) is 0 Å². The van der Waals surface area contributed by atoms with Gasteiger partial charge in [-0.05, 0) is 19.2 Å². The third-order valence-corrected chi connectivity index (χ3v) is 3.22. The molecule has 0 unspecified atom stereocenters. The highest BCUT2D eigenvalue weighted by molar-refractivity contribution is 6.31. The van der Waals surface area contributed by atoms with Crippen molar-refractivity contribution in [1.29, 1.82) is 0 Å². The fraction of sp³-hybridized carbons (Fsp3) is 0.417. The van der Waals surface area contributed by atoms with E-state index in [0.717, 1.165) is 6.54 Å². The van der Waals surface area contributed by atoms with Gasteiger partial charge in [0.05, 0.1) is 18.8 Å². The second-order valence-electron chi connectivity index (χ2n) is 4.37. The molecule has 0 radical (unpaired) electrons. The summed E-state index contributed by atoms with van der Waals surface area (Å²) in [5.74, 6) is -0.176. The summed E-state index contributed by atoms with van der Waals surface area (Å²) in [6.45, 7) is 1.21. The van der Waals surface area contributed by atoms with Gasteiger partial charge in [-0.3, -0.25) is 9.69 Å². The molecule has 6 heteroatoms. The maximum absolute atomic E-state index is 11.9. The van der Waals surface area contributed by atoms with Crippen LogP contribution in [0.5, 0.6) is 5.75 Å². The summed E-state index contributed by atoms with van der Waals surface area (Å²) in [6, 6.07) is 3.03. The van der Waals surface area contributed by atoms with Gasteiger partial charge >= 0.3 is 0 Å². The number of carbonyl (C=O) groups is 1. The fourth-order valence-electron chi connectivity index (χ4n) is 2.01. The Morgan fingerprint density at radius 2 is 2.11 bits per heavy atom. The van der Waals surface area contributed by atoms with E-state index < -0.39 is 0 Å². The van der Waals surface area contributed by atoms with Gasteiger partial charge in [0.25, 0.3) is 0 Å². The minimum Gasteiger partial charge on any atom is -0.505 e. The number of phenols is 1. The molecule has 0 bridgehead atoms. The highest BCUT2D eigenvalue weighted by Gasteiger charge is 2.26. The normalized spacial score (nSPS) is 17.3. The summed E-state index contributed by atoms with van der Waals surface area (Å²) in [7, 11) is 1.87. The van der Waals surface area contributed by atoms with Crippen LogP contribution in [0.3, 0.4) is 0 Å². The lowest BCUT2D eigenvalue weighted by molar-refractivity contribution is -0.120. The van der Waals surface area contributed by atoms with Gasteiger partial charge < -0.3 is 15.1 Å². The zero-order chi connectivity index (χ0) is 13.3. The van der Waals surface area contributed by atoms with Crippen LogP contribution in [0.4, 0.5) is 5.69 Å². The topological polar surface area (TPSA) is 64.0 Å². The first-order valence-corrected chi connectivity index (χ1v) is 6.02. The number of aliphatic hydroxyl groups excluding tert-OH is 1. The molecule has 0 aliphatic carbocycles. The Balaban J connectivity index is 2.38. The number of amides is 1. The monoisotopic (exact) mass is 270 g/mol. The number of halogens is 1. The van der Waals surface area contributed by atoms with Crippen molar-refractivity contribution in [3.8, 4) is 5.75 Å². The molecule has 1 aromatic rings. The molecule has 2 N–H and O–H groups in total. The summed E-state index contributed by atoms with van der Waals surface area (Å²) in [4.78, 5) is 15.3. The number of piperazine rings is 1. The third kappa shape index (κ3) is 2.43. The molecule has 0 saturated carbocycles. The van der Waals surface area contributed by atoms with Crippen molar-refractivity contribution in [2.45, 2.75) is 6.61 Å². The number of nitrogens with zero attached hydrogens (tertiary/aromatic N) is 2. The van der Waals surface area contributed by atoms with E-state index in [2.05, 4.69) is 0 Å². The van der Waals surface area contributed by atoms with Crippen LogP contribution in [0, 0.1) is 0 Å². The second kappa shape index (κ2) is 5.14. The maximum atomic E-state index is 11.9. The van der Waals surface area contributed by atoms with Gasteiger partial charge in [0.2, 0.25) is 5.91 Å². The minimum absolute atomic E-state index is 0.0835. The minimum atomic E-state index is -0.318. The SMILES string of the molecule is CN1CCN(c2cc(Cl)cc(CO)c2O)C(=O)C1. The average Bonchev–Trinajstić information content (AvgIpc) is 2.32. The van der Waals surface area contributed by atoms with E-state index in [1.807, 2.05) is 11.9 Å². The smallest absolute Gasteiger partial charge is 0.241 e.